The predicted octanol–water partition coefficient (Wildman–Crippen LogP) is 1.01. The fourth-order valence-electron chi connectivity index (χ4n) is 7.24. The van der Waals surface area contributed by atoms with Crippen LogP contribution in [0.2, 0.25) is 0 Å². The molecule has 3 rings (SSSR count). The Balaban J connectivity index is 1.98. The molecule has 0 bridgehead atoms. The highest BCUT2D eigenvalue weighted by molar-refractivity contribution is 5.96. The second kappa shape index (κ2) is 21.4. The molecule has 15 heteroatoms. The van der Waals surface area contributed by atoms with Gasteiger partial charge < -0.3 is 47.1 Å². The van der Waals surface area contributed by atoms with Crippen molar-refractivity contribution in [2.75, 3.05) is 26.7 Å². The summed E-state index contributed by atoms with van der Waals surface area (Å²) >= 11 is 0. The fourth-order valence-corrected chi connectivity index (χ4v) is 7.24. The van der Waals surface area contributed by atoms with Crippen molar-refractivity contribution in [3.8, 4) is 0 Å². The van der Waals surface area contributed by atoms with Crippen LogP contribution >= 0.6 is 0 Å². The predicted molar refractivity (Wildman–Crippen MR) is 195 cm³/mol. The topological polar surface area (TPSA) is 224 Å². The van der Waals surface area contributed by atoms with Crippen LogP contribution < -0.4 is 32.7 Å². The van der Waals surface area contributed by atoms with Crippen molar-refractivity contribution >= 4 is 35.5 Å². The summed E-state index contributed by atoms with van der Waals surface area (Å²) in [5, 5.41) is 10.9. The molecule has 0 unspecified atom stereocenters. The SMILES string of the molecule is CCCCCC[C@H]1OC(=O)CNC(=O)[C@H](COC2CC(N)C2)NC(=O)[C@H](CN)NC(=O)[C@H](C2CCCCC2)NC(=O)[C@H](CC(C)C)N(C)C(=O)[C@@H]1C. The van der Waals surface area contributed by atoms with Gasteiger partial charge in [-0.05, 0) is 56.8 Å². The molecule has 0 spiro atoms. The van der Waals surface area contributed by atoms with Gasteiger partial charge in [-0.2, -0.15) is 0 Å². The zero-order chi connectivity index (χ0) is 38.4. The third-order valence-corrected chi connectivity index (χ3v) is 10.6. The van der Waals surface area contributed by atoms with Crippen LogP contribution in [0.3, 0.4) is 0 Å². The molecule has 8 N–H and O–H groups in total. The number of unbranched alkanes of at least 4 members (excludes halogenated alkanes) is 3. The van der Waals surface area contributed by atoms with Crippen LogP contribution in [0, 0.1) is 17.8 Å². The number of amides is 5. The monoisotopic (exact) mass is 735 g/mol. The second-order valence-corrected chi connectivity index (χ2v) is 15.4. The molecule has 1 aliphatic heterocycles. The van der Waals surface area contributed by atoms with Crippen molar-refractivity contribution in [3.63, 3.8) is 0 Å². The molecular formula is C37H65N7O8. The smallest absolute Gasteiger partial charge is 0.325 e. The molecule has 0 aromatic carbocycles. The van der Waals surface area contributed by atoms with Crippen molar-refractivity contribution < 1.29 is 38.2 Å². The van der Waals surface area contributed by atoms with Crippen molar-refractivity contribution in [2.45, 2.75) is 154 Å². The van der Waals surface area contributed by atoms with Gasteiger partial charge >= 0.3 is 5.97 Å². The van der Waals surface area contributed by atoms with Crippen LogP contribution in [-0.4, -0.2) is 110 Å². The lowest BCUT2D eigenvalue weighted by atomic mass is 9.83. The lowest BCUT2D eigenvalue weighted by Crippen LogP contribution is -2.62. The van der Waals surface area contributed by atoms with E-state index in [1.807, 2.05) is 13.8 Å². The number of nitrogens with zero attached hydrogens (tertiary/aromatic N) is 1. The summed E-state index contributed by atoms with van der Waals surface area (Å²) in [5.41, 5.74) is 11.9. The van der Waals surface area contributed by atoms with Crippen LogP contribution in [-0.2, 0) is 38.2 Å². The third kappa shape index (κ3) is 13.0. The number of esters is 1. The number of hydrogen-bond donors (Lipinski definition) is 6. The highest BCUT2D eigenvalue weighted by Gasteiger charge is 2.39. The second-order valence-electron chi connectivity index (χ2n) is 15.4. The number of carbonyl (C=O) groups is 6. The number of nitrogens with two attached hydrogens (primary N) is 2. The van der Waals surface area contributed by atoms with Crippen LogP contribution in [0.1, 0.15) is 111 Å². The molecule has 52 heavy (non-hydrogen) atoms. The molecule has 2 saturated carbocycles. The van der Waals surface area contributed by atoms with Crippen molar-refractivity contribution in [1.29, 1.82) is 0 Å². The Morgan fingerprint density at radius 3 is 2.17 bits per heavy atom. The van der Waals surface area contributed by atoms with E-state index in [0.29, 0.717) is 44.9 Å². The molecule has 296 valence electrons. The summed E-state index contributed by atoms with van der Waals surface area (Å²) < 4.78 is 11.7. The van der Waals surface area contributed by atoms with E-state index in [2.05, 4.69) is 28.2 Å². The number of cyclic esters (lactones) is 1. The number of likely N-dealkylation sites (N-methyl/N-ethyl adjacent to an activating group) is 1. The first kappa shape index (κ1) is 43.1. The minimum atomic E-state index is -1.24. The average molecular weight is 736 g/mol. The number of ether oxygens (including phenoxy) is 2. The maximum absolute atomic E-state index is 14.2. The van der Waals surface area contributed by atoms with E-state index < -0.39 is 72.3 Å². The first-order valence-corrected chi connectivity index (χ1v) is 19.5. The molecule has 6 atom stereocenters. The van der Waals surface area contributed by atoms with E-state index >= 15 is 0 Å². The molecule has 2 aliphatic carbocycles. The molecule has 0 aromatic rings. The molecule has 1 heterocycles. The Hall–Kier alpha value is -3.30. The molecule has 5 amide bonds. The van der Waals surface area contributed by atoms with Gasteiger partial charge in [0.25, 0.3) is 0 Å². The van der Waals surface area contributed by atoms with Crippen LogP contribution in [0.25, 0.3) is 0 Å². The minimum Gasteiger partial charge on any atom is -0.460 e. The van der Waals surface area contributed by atoms with Gasteiger partial charge in [0.2, 0.25) is 29.5 Å². The Labute approximate surface area is 309 Å². The summed E-state index contributed by atoms with van der Waals surface area (Å²) in [7, 11) is 1.56. The zero-order valence-corrected chi connectivity index (χ0v) is 32.0. The Kier molecular flexibility index (Phi) is 17.8. The van der Waals surface area contributed by atoms with Gasteiger partial charge in [0.1, 0.15) is 36.8 Å². The minimum absolute atomic E-state index is 0.00301. The van der Waals surface area contributed by atoms with E-state index in [1.54, 1.807) is 14.0 Å². The van der Waals surface area contributed by atoms with Crippen LogP contribution in [0.15, 0.2) is 0 Å². The highest BCUT2D eigenvalue weighted by atomic mass is 16.5. The lowest BCUT2D eigenvalue weighted by molar-refractivity contribution is -0.157. The van der Waals surface area contributed by atoms with E-state index in [0.717, 1.165) is 38.5 Å². The van der Waals surface area contributed by atoms with Gasteiger partial charge in [-0.1, -0.05) is 66.2 Å². The third-order valence-electron chi connectivity index (χ3n) is 10.6. The Morgan fingerprint density at radius 2 is 1.56 bits per heavy atom. The molecular weight excluding hydrogens is 670 g/mol. The quantitative estimate of drug-likeness (QED) is 0.123. The summed E-state index contributed by atoms with van der Waals surface area (Å²) in [4.78, 5) is 83.8. The Morgan fingerprint density at radius 1 is 0.885 bits per heavy atom. The van der Waals surface area contributed by atoms with Gasteiger partial charge in [-0.15, -0.1) is 0 Å². The maximum Gasteiger partial charge on any atom is 0.325 e. The van der Waals surface area contributed by atoms with E-state index in [9.17, 15) is 28.8 Å². The highest BCUT2D eigenvalue weighted by Crippen LogP contribution is 2.28. The first-order valence-electron chi connectivity index (χ1n) is 19.5. The normalized spacial score (nSPS) is 31.0. The number of carbonyl (C=O) groups excluding carboxylic acids is 6. The summed E-state index contributed by atoms with van der Waals surface area (Å²) in [6.07, 6.45) is 8.74. The first-order chi connectivity index (χ1) is 24.7. The van der Waals surface area contributed by atoms with Crippen LogP contribution in [0.4, 0.5) is 0 Å². The van der Waals surface area contributed by atoms with Gasteiger partial charge in [0.05, 0.1) is 18.6 Å². The summed E-state index contributed by atoms with van der Waals surface area (Å²) in [6, 6.07) is -4.36. The fraction of sp³-hybridized carbons (Fsp3) is 0.838. The number of hydrogen-bond acceptors (Lipinski definition) is 10. The number of rotatable bonds is 12. The Bertz CT molecular complexity index is 1210. The van der Waals surface area contributed by atoms with Gasteiger partial charge in [-0.3, -0.25) is 28.8 Å². The van der Waals surface area contributed by atoms with Crippen molar-refractivity contribution in [3.05, 3.63) is 0 Å². The van der Waals surface area contributed by atoms with Crippen molar-refractivity contribution in [1.82, 2.24) is 26.2 Å². The average Bonchev–Trinajstić information content (AvgIpc) is 3.11. The zero-order valence-electron chi connectivity index (χ0n) is 32.0. The molecule has 3 aliphatic rings. The molecule has 15 nitrogen and oxygen atoms in total. The molecule has 1 saturated heterocycles. The van der Waals surface area contributed by atoms with E-state index in [1.165, 1.54) is 4.90 Å². The van der Waals surface area contributed by atoms with Gasteiger partial charge in [0.15, 0.2) is 0 Å². The maximum atomic E-state index is 14.2. The largest absolute Gasteiger partial charge is 0.460 e. The van der Waals surface area contributed by atoms with E-state index in [4.69, 9.17) is 20.9 Å². The van der Waals surface area contributed by atoms with Crippen molar-refractivity contribution in [2.24, 2.45) is 29.2 Å². The lowest BCUT2D eigenvalue weighted by Gasteiger charge is -2.36. The van der Waals surface area contributed by atoms with E-state index in [-0.39, 0.29) is 43.0 Å². The van der Waals surface area contributed by atoms with Crippen LogP contribution in [0.5, 0.6) is 0 Å². The molecule has 0 radical (unpaired) electrons. The molecule has 0 aromatic heterocycles. The standard InChI is InChI=1S/C37H65N7O8/c1-6-7-8-12-15-30-23(4)37(50)44(5)29(16-22(2)3)35(48)43-32(24-13-10-9-11-14-24)36(49)41-27(19-38)34(47)42-28(21-51-26-17-25(39)18-26)33(46)40-20-31(45)52-30/h22-30,32H,6-21,38-39H2,1-5H3,(H,40,46)(H,41,49)(H,42,47)(H,43,48)/t23-,25?,26?,27+,28+,29+,30-,32+/m1/s1. The number of nitrogens with one attached hydrogen (secondary N) is 4. The summed E-state index contributed by atoms with van der Waals surface area (Å²) in [6.45, 7) is 6.67. The summed E-state index contributed by atoms with van der Waals surface area (Å²) in [5.74, 6) is -4.55. The molecule has 3 fully saturated rings. The van der Waals surface area contributed by atoms with Gasteiger partial charge in [-0.25, -0.2) is 0 Å². The van der Waals surface area contributed by atoms with Gasteiger partial charge in [0, 0.05) is 19.6 Å².